The van der Waals surface area contributed by atoms with Gasteiger partial charge >= 0.3 is 6.18 Å². The van der Waals surface area contributed by atoms with Crippen molar-refractivity contribution in [1.82, 2.24) is 14.4 Å². The first kappa shape index (κ1) is 15.4. The van der Waals surface area contributed by atoms with E-state index in [-0.39, 0.29) is 0 Å². The monoisotopic (exact) mass is 339 g/mol. The van der Waals surface area contributed by atoms with Gasteiger partial charge in [0.2, 0.25) is 0 Å². The van der Waals surface area contributed by atoms with Crippen LogP contribution in [0.2, 0.25) is 0 Å². The molecule has 0 aliphatic carbocycles. The Bertz CT molecular complexity index is 1050. The molecule has 3 nitrogen and oxygen atoms in total. The maximum Gasteiger partial charge on any atom is 0.416 e. The number of fused-ring (bicyclic) bond motifs is 1. The van der Waals surface area contributed by atoms with Gasteiger partial charge in [0.1, 0.15) is 0 Å². The standard InChI is InChI=1S/C19H12F3N3/c20-19(21,22)15-4-1-3-14(9-15)18-17(5-2-7-24-18)13-6-8-25-12-23-11-16(25)10-13/h1-12H. The van der Waals surface area contributed by atoms with Gasteiger partial charge in [0.25, 0.3) is 0 Å². The van der Waals surface area contributed by atoms with E-state index in [0.717, 1.165) is 28.8 Å². The highest BCUT2D eigenvalue weighted by Crippen LogP contribution is 2.35. The van der Waals surface area contributed by atoms with Crippen molar-refractivity contribution in [2.75, 3.05) is 0 Å². The van der Waals surface area contributed by atoms with Crippen LogP contribution in [0.15, 0.2) is 73.4 Å². The molecule has 0 unspecified atom stereocenters. The number of hydrogen-bond acceptors (Lipinski definition) is 2. The highest BCUT2D eigenvalue weighted by molar-refractivity contribution is 5.82. The molecule has 3 heterocycles. The van der Waals surface area contributed by atoms with E-state index < -0.39 is 11.7 Å². The Morgan fingerprint density at radius 3 is 2.64 bits per heavy atom. The zero-order valence-corrected chi connectivity index (χ0v) is 12.9. The van der Waals surface area contributed by atoms with Crippen LogP contribution in [0, 0.1) is 0 Å². The summed E-state index contributed by atoms with van der Waals surface area (Å²) in [6.07, 6.45) is 2.47. The number of alkyl halides is 3. The molecule has 6 heteroatoms. The summed E-state index contributed by atoms with van der Waals surface area (Å²) in [6.45, 7) is 0. The summed E-state index contributed by atoms with van der Waals surface area (Å²) in [4.78, 5) is 8.40. The Morgan fingerprint density at radius 2 is 1.80 bits per heavy atom. The summed E-state index contributed by atoms with van der Waals surface area (Å²) in [5, 5.41) is 0. The van der Waals surface area contributed by atoms with Crippen LogP contribution in [0.1, 0.15) is 5.56 Å². The molecule has 25 heavy (non-hydrogen) atoms. The van der Waals surface area contributed by atoms with E-state index in [1.54, 1.807) is 30.9 Å². The first-order valence-corrected chi connectivity index (χ1v) is 7.57. The van der Waals surface area contributed by atoms with Crippen LogP contribution in [0.5, 0.6) is 0 Å². The summed E-state index contributed by atoms with van der Waals surface area (Å²) in [5.74, 6) is 0. The van der Waals surface area contributed by atoms with Crippen molar-refractivity contribution in [2.45, 2.75) is 6.18 Å². The van der Waals surface area contributed by atoms with Gasteiger partial charge in [0.05, 0.1) is 29.3 Å². The Morgan fingerprint density at radius 1 is 0.920 bits per heavy atom. The number of benzene rings is 1. The Hall–Kier alpha value is -3.15. The van der Waals surface area contributed by atoms with Gasteiger partial charge in [-0.25, -0.2) is 4.98 Å². The summed E-state index contributed by atoms with van der Waals surface area (Å²) >= 11 is 0. The van der Waals surface area contributed by atoms with Crippen molar-refractivity contribution in [3.63, 3.8) is 0 Å². The lowest BCUT2D eigenvalue weighted by Gasteiger charge is -2.12. The lowest BCUT2D eigenvalue weighted by atomic mass is 9.98. The number of nitrogens with zero attached hydrogens (tertiary/aromatic N) is 3. The van der Waals surface area contributed by atoms with Crippen molar-refractivity contribution in [1.29, 1.82) is 0 Å². The maximum absolute atomic E-state index is 13.0. The third kappa shape index (κ3) is 2.87. The lowest BCUT2D eigenvalue weighted by Crippen LogP contribution is -2.04. The van der Waals surface area contributed by atoms with E-state index in [0.29, 0.717) is 11.3 Å². The number of halogens is 3. The normalized spacial score (nSPS) is 11.8. The fraction of sp³-hybridized carbons (Fsp3) is 0.0526. The Kier molecular flexibility index (Phi) is 3.53. The third-order valence-corrected chi connectivity index (χ3v) is 4.00. The van der Waals surface area contributed by atoms with Crippen molar-refractivity contribution < 1.29 is 13.2 Å². The molecule has 0 atom stereocenters. The average molecular weight is 339 g/mol. The maximum atomic E-state index is 13.0. The van der Waals surface area contributed by atoms with Crippen LogP contribution in [0.3, 0.4) is 0 Å². The van der Waals surface area contributed by atoms with Crippen LogP contribution >= 0.6 is 0 Å². The third-order valence-electron chi connectivity index (χ3n) is 4.00. The molecule has 0 saturated heterocycles. The molecule has 0 spiro atoms. The fourth-order valence-corrected chi connectivity index (χ4v) is 2.80. The van der Waals surface area contributed by atoms with Gasteiger partial charge in [0, 0.05) is 23.5 Å². The molecular weight excluding hydrogens is 327 g/mol. The molecule has 0 aliphatic rings. The molecule has 4 aromatic rings. The molecule has 0 N–H and O–H groups in total. The highest BCUT2D eigenvalue weighted by atomic mass is 19.4. The fourth-order valence-electron chi connectivity index (χ4n) is 2.80. The summed E-state index contributed by atoms with van der Waals surface area (Å²) < 4.78 is 40.9. The lowest BCUT2D eigenvalue weighted by molar-refractivity contribution is -0.137. The van der Waals surface area contributed by atoms with Crippen LogP contribution in [0.4, 0.5) is 13.2 Å². The smallest absolute Gasteiger partial charge is 0.306 e. The SMILES string of the molecule is FC(F)(F)c1cccc(-c2ncccc2-c2ccn3cncc3c2)c1. The molecular formula is C19H12F3N3. The van der Waals surface area contributed by atoms with E-state index in [1.807, 2.05) is 28.8 Å². The van der Waals surface area contributed by atoms with Crippen LogP contribution in [-0.4, -0.2) is 14.4 Å². The van der Waals surface area contributed by atoms with Gasteiger partial charge in [-0.3, -0.25) is 4.98 Å². The first-order valence-electron chi connectivity index (χ1n) is 7.57. The van der Waals surface area contributed by atoms with Crippen LogP contribution < -0.4 is 0 Å². The second kappa shape index (κ2) is 5.73. The van der Waals surface area contributed by atoms with Gasteiger partial charge < -0.3 is 4.40 Å². The predicted octanol–water partition coefficient (Wildman–Crippen LogP) is 5.08. The molecule has 0 amide bonds. The van der Waals surface area contributed by atoms with Crippen LogP contribution in [-0.2, 0) is 6.18 Å². The van der Waals surface area contributed by atoms with Gasteiger partial charge in [-0.2, -0.15) is 13.2 Å². The molecule has 4 rings (SSSR count). The van der Waals surface area contributed by atoms with E-state index in [1.165, 1.54) is 6.07 Å². The second-order valence-corrected chi connectivity index (χ2v) is 5.62. The minimum atomic E-state index is -4.39. The minimum Gasteiger partial charge on any atom is -0.306 e. The molecule has 0 aliphatic heterocycles. The van der Waals surface area contributed by atoms with Gasteiger partial charge in [-0.15, -0.1) is 0 Å². The van der Waals surface area contributed by atoms with Gasteiger partial charge in [-0.05, 0) is 35.9 Å². The summed E-state index contributed by atoms with van der Waals surface area (Å²) in [5.41, 5.74) is 2.79. The van der Waals surface area contributed by atoms with E-state index in [9.17, 15) is 13.2 Å². The summed E-state index contributed by atoms with van der Waals surface area (Å²) in [7, 11) is 0. The van der Waals surface area contributed by atoms with Crippen molar-refractivity contribution in [3.05, 3.63) is 79.0 Å². The number of pyridine rings is 2. The average Bonchev–Trinajstić information content (AvgIpc) is 3.09. The number of imidazole rings is 1. The first-order chi connectivity index (χ1) is 12.0. The van der Waals surface area contributed by atoms with Crippen molar-refractivity contribution in [3.8, 4) is 22.4 Å². The Labute approximate surface area is 141 Å². The quantitative estimate of drug-likeness (QED) is 0.510. The Balaban J connectivity index is 1.87. The van der Waals surface area contributed by atoms with E-state index in [4.69, 9.17) is 0 Å². The van der Waals surface area contributed by atoms with Gasteiger partial charge in [0.15, 0.2) is 0 Å². The molecule has 3 aromatic heterocycles. The van der Waals surface area contributed by atoms with E-state index >= 15 is 0 Å². The topological polar surface area (TPSA) is 30.2 Å². The van der Waals surface area contributed by atoms with Crippen molar-refractivity contribution >= 4 is 5.52 Å². The minimum absolute atomic E-state index is 0.429. The number of hydrogen-bond donors (Lipinski definition) is 0. The zero-order chi connectivity index (χ0) is 17.4. The largest absolute Gasteiger partial charge is 0.416 e. The number of rotatable bonds is 2. The molecule has 0 saturated carbocycles. The second-order valence-electron chi connectivity index (χ2n) is 5.62. The van der Waals surface area contributed by atoms with Crippen molar-refractivity contribution in [2.24, 2.45) is 0 Å². The predicted molar refractivity (Wildman–Crippen MR) is 88.9 cm³/mol. The molecule has 0 bridgehead atoms. The highest BCUT2D eigenvalue weighted by Gasteiger charge is 2.30. The zero-order valence-electron chi connectivity index (χ0n) is 12.9. The summed E-state index contributed by atoms with van der Waals surface area (Å²) in [6, 6.07) is 12.7. The molecule has 124 valence electrons. The van der Waals surface area contributed by atoms with Crippen LogP contribution in [0.25, 0.3) is 27.9 Å². The molecule has 0 fully saturated rings. The molecule has 0 radical (unpaired) electrons. The molecule has 1 aromatic carbocycles. The van der Waals surface area contributed by atoms with Gasteiger partial charge in [-0.1, -0.05) is 18.2 Å². The van der Waals surface area contributed by atoms with E-state index in [2.05, 4.69) is 9.97 Å². The number of aromatic nitrogens is 3.